The monoisotopic (exact) mass is 499 g/mol. The SMILES string of the molecule is N#Cc1cc2c(CN)c(CN3CCC(Nc4ncnc5sc(CC(F)(F)F)cc45)CC3)ccc2[nH]1. The van der Waals surface area contributed by atoms with Crippen molar-refractivity contribution in [2.45, 2.75) is 44.6 Å². The van der Waals surface area contributed by atoms with Gasteiger partial charge in [0.1, 0.15) is 28.7 Å². The minimum Gasteiger partial charge on any atom is -0.367 e. The van der Waals surface area contributed by atoms with Gasteiger partial charge in [0.05, 0.1) is 11.8 Å². The standard InChI is InChI=1S/C24H24F3N7S/c25-24(26,27)9-17-8-19-22(30-13-31-23(19)35-17)33-15-3-5-34(6-4-15)12-14-1-2-21-18(20(14)11-29)7-16(10-28)32-21/h1-2,7-8,13,15,32H,3-6,9,11-12,29H2,(H,30,31,33). The van der Waals surface area contributed by atoms with Crippen LogP contribution in [0.2, 0.25) is 0 Å². The molecule has 4 N–H and O–H groups in total. The van der Waals surface area contributed by atoms with Crippen molar-refractivity contribution in [2.75, 3.05) is 18.4 Å². The number of benzene rings is 1. The Balaban J connectivity index is 1.24. The van der Waals surface area contributed by atoms with E-state index in [0.29, 0.717) is 28.3 Å². The molecule has 1 saturated heterocycles. The van der Waals surface area contributed by atoms with Crippen molar-refractivity contribution in [2.24, 2.45) is 5.73 Å². The summed E-state index contributed by atoms with van der Waals surface area (Å²) in [5.41, 5.74) is 9.71. The van der Waals surface area contributed by atoms with E-state index in [1.54, 1.807) is 6.07 Å². The van der Waals surface area contributed by atoms with Crippen LogP contribution in [0.1, 0.15) is 34.5 Å². The topological polar surface area (TPSA) is 107 Å². The van der Waals surface area contributed by atoms with Crippen LogP contribution in [0.5, 0.6) is 0 Å². The molecule has 3 aromatic heterocycles. The lowest BCUT2D eigenvalue weighted by Crippen LogP contribution is -2.39. The molecular weight excluding hydrogens is 475 g/mol. The van der Waals surface area contributed by atoms with Gasteiger partial charge in [-0.2, -0.15) is 18.4 Å². The fraction of sp³-hybridized carbons (Fsp3) is 0.375. The summed E-state index contributed by atoms with van der Waals surface area (Å²) in [7, 11) is 0. The van der Waals surface area contributed by atoms with Crippen LogP contribution in [0.15, 0.2) is 30.6 Å². The highest BCUT2D eigenvalue weighted by Gasteiger charge is 2.29. The van der Waals surface area contributed by atoms with E-state index in [-0.39, 0.29) is 10.9 Å². The zero-order valence-electron chi connectivity index (χ0n) is 18.8. The van der Waals surface area contributed by atoms with Gasteiger partial charge in [-0.3, -0.25) is 4.90 Å². The number of nitriles is 1. The summed E-state index contributed by atoms with van der Waals surface area (Å²) >= 11 is 1.06. The zero-order valence-corrected chi connectivity index (χ0v) is 19.6. The van der Waals surface area contributed by atoms with Crippen LogP contribution in [0.25, 0.3) is 21.1 Å². The van der Waals surface area contributed by atoms with E-state index >= 15 is 0 Å². The maximum absolute atomic E-state index is 12.8. The third-order valence-electron chi connectivity index (χ3n) is 6.41. The molecule has 1 aromatic carbocycles. The average molecular weight is 500 g/mol. The van der Waals surface area contributed by atoms with Gasteiger partial charge in [0.15, 0.2) is 0 Å². The molecule has 0 saturated carbocycles. The van der Waals surface area contributed by atoms with E-state index in [1.807, 2.05) is 12.1 Å². The molecule has 182 valence electrons. The highest BCUT2D eigenvalue weighted by molar-refractivity contribution is 7.18. The van der Waals surface area contributed by atoms with Crippen molar-refractivity contribution in [3.05, 3.63) is 52.3 Å². The van der Waals surface area contributed by atoms with E-state index < -0.39 is 12.6 Å². The molecule has 0 unspecified atom stereocenters. The van der Waals surface area contributed by atoms with Crippen LogP contribution in [-0.4, -0.2) is 45.2 Å². The van der Waals surface area contributed by atoms with E-state index in [4.69, 9.17) is 5.73 Å². The molecule has 5 rings (SSSR count). The predicted molar refractivity (Wildman–Crippen MR) is 130 cm³/mol. The Bertz CT molecular complexity index is 1390. The molecule has 0 radical (unpaired) electrons. The van der Waals surface area contributed by atoms with Crippen LogP contribution < -0.4 is 11.1 Å². The van der Waals surface area contributed by atoms with E-state index in [9.17, 15) is 18.4 Å². The Labute approximate surface area is 203 Å². The summed E-state index contributed by atoms with van der Waals surface area (Å²) < 4.78 is 38.4. The molecule has 0 amide bonds. The summed E-state index contributed by atoms with van der Waals surface area (Å²) in [6, 6.07) is 9.78. The number of aromatic nitrogens is 3. The lowest BCUT2D eigenvalue weighted by Gasteiger charge is -2.33. The molecule has 0 atom stereocenters. The summed E-state index contributed by atoms with van der Waals surface area (Å²) in [6.45, 7) is 2.90. The Morgan fingerprint density at radius 1 is 1.20 bits per heavy atom. The predicted octanol–water partition coefficient (Wildman–Crippen LogP) is 4.68. The number of likely N-dealkylation sites (tertiary alicyclic amines) is 1. The first-order valence-corrected chi connectivity index (χ1v) is 12.2. The Kier molecular flexibility index (Phi) is 6.35. The number of alkyl halides is 3. The smallest absolute Gasteiger partial charge is 0.367 e. The summed E-state index contributed by atoms with van der Waals surface area (Å²) in [5.74, 6) is 0.592. The largest absolute Gasteiger partial charge is 0.393 e. The molecule has 0 bridgehead atoms. The van der Waals surface area contributed by atoms with Crippen LogP contribution in [0, 0.1) is 11.3 Å². The first-order chi connectivity index (χ1) is 16.8. The third-order valence-corrected chi connectivity index (χ3v) is 7.46. The van der Waals surface area contributed by atoms with Crippen molar-refractivity contribution in [3.63, 3.8) is 0 Å². The Hall–Kier alpha value is -3.20. The molecule has 7 nitrogen and oxygen atoms in total. The van der Waals surface area contributed by atoms with Gasteiger partial charge < -0.3 is 16.0 Å². The van der Waals surface area contributed by atoms with Crippen molar-refractivity contribution in [1.82, 2.24) is 19.9 Å². The third kappa shape index (κ3) is 5.10. The van der Waals surface area contributed by atoms with Gasteiger partial charge in [0, 0.05) is 48.0 Å². The molecule has 4 heterocycles. The average Bonchev–Trinajstić information content (AvgIpc) is 3.43. The molecule has 1 aliphatic rings. The lowest BCUT2D eigenvalue weighted by molar-refractivity contribution is -0.126. The van der Waals surface area contributed by atoms with Gasteiger partial charge >= 0.3 is 6.18 Å². The van der Waals surface area contributed by atoms with Crippen LogP contribution in [0.4, 0.5) is 19.0 Å². The second-order valence-corrected chi connectivity index (χ2v) is 9.92. The number of thiophene rings is 1. The van der Waals surface area contributed by atoms with E-state index in [2.05, 4.69) is 37.3 Å². The molecule has 1 fully saturated rings. The fourth-order valence-corrected chi connectivity index (χ4v) is 5.76. The number of nitrogens with zero attached hydrogens (tertiary/aromatic N) is 4. The number of rotatable bonds is 6. The first-order valence-electron chi connectivity index (χ1n) is 11.4. The minimum atomic E-state index is -4.25. The maximum Gasteiger partial charge on any atom is 0.393 e. The number of H-pyrrole nitrogens is 1. The highest BCUT2D eigenvalue weighted by atomic mass is 32.1. The van der Waals surface area contributed by atoms with Gasteiger partial charge in [-0.1, -0.05) is 6.07 Å². The number of hydrogen-bond acceptors (Lipinski definition) is 7. The summed E-state index contributed by atoms with van der Waals surface area (Å²) in [6.07, 6.45) is -2.04. The van der Waals surface area contributed by atoms with Gasteiger partial charge in [0.25, 0.3) is 0 Å². The molecule has 35 heavy (non-hydrogen) atoms. The number of nitrogens with two attached hydrogens (primary N) is 1. The molecule has 0 spiro atoms. The van der Waals surface area contributed by atoms with Crippen molar-refractivity contribution in [3.8, 4) is 6.07 Å². The highest BCUT2D eigenvalue weighted by Crippen LogP contribution is 2.33. The Morgan fingerprint density at radius 2 is 2.00 bits per heavy atom. The van der Waals surface area contributed by atoms with Gasteiger partial charge in [0.2, 0.25) is 0 Å². The molecular formula is C24H24F3N7S. The van der Waals surface area contributed by atoms with Crippen LogP contribution in [0.3, 0.4) is 0 Å². The molecule has 1 aliphatic heterocycles. The normalized spacial score (nSPS) is 15.6. The molecule has 4 aromatic rings. The summed E-state index contributed by atoms with van der Waals surface area (Å²) in [4.78, 5) is 14.7. The van der Waals surface area contributed by atoms with Crippen molar-refractivity contribution >= 4 is 38.3 Å². The second kappa shape index (κ2) is 9.45. The summed E-state index contributed by atoms with van der Waals surface area (Å²) in [5, 5.41) is 14.3. The quantitative estimate of drug-likeness (QED) is 0.356. The van der Waals surface area contributed by atoms with Gasteiger partial charge in [-0.25, -0.2) is 9.97 Å². The number of nitrogens with one attached hydrogen (secondary N) is 2. The van der Waals surface area contributed by atoms with Gasteiger partial charge in [-0.15, -0.1) is 11.3 Å². The number of anilines is 1. The van der Waals surface area contributed by atoms with E-state index in [0.717, 1.165) is 65.8 Å². The number of hydrogen-bond donors (Lipinski definition) is 3. The Morgan fingerprint density at radius 3 is 2.71 bits per heavy atom. The van der Waals surface area contributed by atoms with Crippen molar-refractivity contribution in [1.29, 1.82) is 5.26 Å². The number of halogens is 3. The fourth-order valence-electron chi connectivity index (χ4n) is 4.73. The zero-order chi connectivity index (χ0) is 24.6. The van der Waals surface area contributed by atoms with Crippen LogP contribution >= 0.6 is 11.3 Å². The lowest BCUT2D eigenvalue weighted by atomic mass is 10.00. The maximum atomic E-state index is 12.8. The number of fused-ring (bicyclic) bond motifs is 2. The number of aromatic amines is 1. The number of piperidine rings is 1. The van der Waals surface area contributed by atoms with Gasteiger partial charge in [-0.05, 0) is 42.2 Å². The van der Waals surface area contributed by atoms with E-state index in [1.165, 1.54) is 6.33 Å². The second-order valence-electron chi connectivity index (χ2n) is 8.80. The van der Waals surface area contributed by atoms with Crippen molar-refractivity contribution < 1.29 is 13.2 Å². The molecule has 0 aliphatic carbocycles. The minimum absolute atomic E-state index is 0.176. The van der Waals surface area contributed by atoms with Crippen LogP contribution in [-0.2, 0) is 19.5 Å². The first kappa shape index (κ1) is 23.5. The molecule has 11 heteroatoms.